The molecule has 0 spiro atoms. The normalized spacial score (nSPS) is 10.5. The Morgan fingerprint density at radius 3 is 2.64 bits per heavy atom. The van der Waals surface area contributed by atoms with Crippen molar-refractivity contribution < 1.29 is 14.5 Å². The quantitative estimate of drug-likeness (QED) is 0.512. The topological polar surface area (TPSA) is 99.3 Å². The molecule has 144 valence electrons. The highest BCUT2D eigenvalue weighted by Gasteiger charge is 2.14. The zero-order valence-electron chi connectivity index (χ0n) is 15.8. The molecule has 28 heavy (non-hydrogen) atoms. The maximum atomic E-state index is 12.3. The smallest absolute Gasteiger partial charge is 0.275 e. The maximum Gasteiger partial charge on any atom is 0.275 e. The molecule has 8 nitrogen and oxygen atoms in total. The fourth-order valence-corrected chi connectivity index (χ4v) is 2.66. The van der Waals surface area contributed by atoms with Crippen molar-refractivity contribution in [2.75, 3.05) is 5.32 Å². The number of nitrogens with one attached hydrogen (secondary N) is 1. The Hall–Kier alpha value is -3.68. The van der Waals surface area contributed by atoms with E-state index in [9.17, 15) is 14.9 Å². The number of carbonyl (C=O) groups is 1. The Labute approximate surface area is 161 Å². The lowest BCUT2D eigenvalue weighted by atomic mass is 10.1. The van der Waals surface area contributed by atoms with Gasteiger partial charge >= 0.3 is 0 Å². The molecule has 0 saturated carbocycles. The summed E-state index contributed by atoms with van der Waals surface area (Å²) in [5.41, 5.74) is 2.86. The van der Waals surface area contributed by atoms with Crippen LogP contribution in [0.4, 0.5) is 11.4 Å². The van der Waals surface area contributed by atoms with Crippen molar-refractivity contribution in [2.24, 2.45) is 0 Å². The van der Waals surface area contributed by atoms with Gasteiger partial charge in [-0.3, -0.25) is 19.6 Å². The number of nitrogens with zero attached hydrogens (tertiary/aromatic N) is 3. The molecule has 3 aromatic rings. The number of amides is 1. The van der Waals surface area contributed by atoms with Crippen LogP contribution in [0.1, 0.15) is 16.8 Å². The van der Waals surface area contributed by atoms with E-state index in [0.717, 1.165) is 16.8 Å². The largest absolute Gasteiger partial charge is 0.457 e. The predicted octanol–water partition coefficient (Wildman–Crippen LogP) is 4.15. The van der Waals surface area contributed by atoms with E-state index >= 15 is 0 Å². The van der Waals surface area contributed by atoms with Gasteiger partial charge in [-0.25, -0.2) is 0 Å². The Kier molecular flexibility index (Phi) is 5.39. The fourth-order valence-electron chi connectivity index (χ4n) is 2.66. The van der Waals surface area contributed by atoms with Crippen LogP contribution in [0, 0.1) is 30.9 Å². The molecular formula is C20H20N4O4. The summed E-state index contributed by atoms with van der Waals surface area (Å²) in [7, 11) is 0. The van der Waals surface area contributed by atoms with Crippen LogP contribution in [0.15, 0.2) is 48.7 Å². The zero-order valence-corrected chi connectivity index (χ0v) is 15.8. The Morgan fingerprint density at radius 2 is 1.96 bits per heavy atom. The molecule has 8 heteroatoms. The minimum atomic E-state index is -0.525. The lowest BCUT2D eigenvalue weighted by Crippen LogP contribution is -2.20. The van der Waals surface area contributed by atoms with Crippen LogP contribution in [0.2, 0.25) is 0 Å². The van der Waals surface area contributed by atoms with Gasteiger partial charge in [0.05, 0.1) is 16.7 Å². The number of rotatable bonds is 6. The molecule has 0 unspecified atom stereocenters. The molecule has 0 aliphatic heterocycles. The van der Waals surface area contributed by atoms with Crippen LogP contribution in [0.3, 0.4) is 0 Å². The standard InChI is InChI=1S/C20H20N4O4/c1-13-4-5-14(2)19(8-13)28-18-10-16(9-17(11-18)24(26)27)22-20(25)12-23-15(3)6-7-21-23/h4-11H,12H2,1-3H3,(H,22,25). The van der Waals surface area contributed by atoms with E-state index < -0.39 is 4.92 Å². The molecule has 2 aromatic carbocycles. The van der Waals surface area contributed by atoms with Crippen molar-refractivity contribution in [3.05, 3.63) is 75.6 Å². The SMILES string of the molecule is Cc1ccc(C)c(Oc2cc(NC(=O)Cn3nccc3C)cc([N+](=O)[O-])c2)c1. The second-order valence-electron chi connectivity index (χ2n) is 6.52. The summed E-state index contributed by atoms with van der Waals surface area (Å²) >= 11 is 0. The highest BCUT2D eigenvalue weighted by Crippen LogP contribution is 2.31. The van der Waals surface area contributed by atoms with Gasteiger partial charge in [-0.05, 0) is 44.0 Å². The third kappa shape index (κ3) is 4.53. The monoisotopic (exact) mass is 380 g/mol. The van der Waals surface area contributed by atoms with Crippen LogP contribution < -0.4 is 10.1 Å². The summed E-state index contributed by atoms with van der Waals surface area (Å²) in [6.45, 7) is 5.67. The molecule has 1 amide bonds. The van der Waals surface area contributed by atoms with Gasteiger partial charge in [0.15, 0.2) is 0 Å². The van der Waals surface area contributed by atoms with E-state index in [1.165, 1.54) is 12.1 Å². The minimum Gasteiger partial charge on any atom is -0.457 e. The number of aryl methyl sites for hydroxylation is 3. The molecule has 0 aliphatic carbocycles. The third-order valence-electron chi connectivity index (χ3n) is 4.18. The van der Waals surface area contributed by atoms with E-state index in [-0.39, 0.29) is 29.6 Å². The van der Waals surface area contributed by atoms with Crippen LogP contribution in [0.5, 0.6) is 11.5 Å². The first kappa shape index (κ1) is 19.1. The summed E-state index contributed by atoms with van der Waals surface area (Å²) in [6.07, 6.45) is 1.60. The summed E-state index contributed by atoms with van der Waals surface area (Å²) in [4.78, 5) is 23.1. The van der Waals surface area contributed by atoms with E-state index in [1.807, 2.05) is 39.0 Å². The zero-order chi connectivity index (χ0) is 20.3. The average molecular weight is 380 g/mol. The van der Waals surface area contributed by atoms with Crippen LogP contribution in [0.25, 0.3) is 0 Å². The number of nitro groups is 1. The van der Waals surface area contributed by atoms with Crippen molar-refractivity contribution >= 4 is 17.3 Å². The molecule has 0 fully saturated rings. The molecule has 1 N–H and O–H groups in total. The number of anilines is 1. The summed E-state index contributed by atoms with van der Waals surface area (Å²) in [5, 5.41) is 18.0. The number of carbonyl (C=O) groups excluding carboxylic acids is 1. The fraction of sp³-hybridized carbons (Fsp3) is 0.200. The first-order chi connectivity index (χ1) is 13.3. The molecular weight excluding hydrogens is 360 g/mol. The van der Waals surface area contributed by atoms with E-state index in [1.54, 1.807) is 23.0 Å². The van der Waals surface area contributed by atoms with Gasteiger partial charge < -0.3 is 10.1 Å². The summed E-state index contributed by atoms with van der Waals surface area (Å²) < 4.78 is 7.40. The van der Waals surface area contributed by atoms with Crippen molar-refractivity contribution in [1.29, 1.82) is 0 Å². The number of ether oxygens (including phenoxy) is 1. The Balaban J connectivity index is 1.85. The van der Waals surface area contributed by atoms with Gasteiger partial charge in [-0.1, -0.05) is 12.1 Å². The van der Waals surface area contributed by atoms with Gasteiger partial charge in [-0.15, -0.1) is 0 Å². The lowest BCUT2D eigenvalue weighted by molar-refractivity contribution is -0.384. The number of hydrogen-bond donors (Lipinski definition) is 1. The number of non-ortho nitro benzene ring substituents is 1. The number of aromatic nitrogens is 2. The number of hydrogen-bond acceptors (Lipinski definition) is 5. The average Bonchev–Trinajstić information content (AvgIpc) is 3.02. The maximum absolute atomic E-state index is 12.3. The first-order valence-electron chi connectivity index (χ1n) is 8.64. The molecule has 0 bridgehead atoms. The van der Waals surface area contributed by atoms with Gasteiger partial charge in [0.25, 0.3) is 5.69 Å². The third-order valence-corrected chi connectivity index (χ3v) is 4.18. The van der Waals surface area contributed by atoms with Crippen molar-refractivity contribution in [1.82, 2.24) is 9.78 Å². The van der Waals surface area contributed by atoms with Crippen molar-refractivity contribution in [2.45, 2.75) is 27.3 Å². The van der Waals surface area contributed by atoms with Crippen LogP contribution in [-0.2, 0) is 11.3 Å². The second-order valence-corrected chi connectivity index (χ2v) is 6.52. The Bertz CT molecular complexity index is 1040. The highest BCUT2D eigenvalue weighted by atomic mass is 16.6. The molecule has 0 radical (unpaired) electrons. The van der Waals surface area contributed by atoms with Gasteiger partial charge in [0.1, 0.15) is 18.0 Å². The number of nitro benzene ring substituents is 1. The van der Waals surface area contributed by atoms with Crippen molar-refractivity contribution in [3.8, 4) is 11.5 Å². The van der Waals surface area contributed by atoms with Gasteiger partial charge in [0.2, 0.25) is 5.91 Å². The van der Waals surface area contributed by atoms with Crippen LogP contribution >= 0.6 is 0 Å². The predicted molar refractivity (Wildman–Crippen MR) is 105 cm³/mol. The lowest BCUT2D eigenvalue weighted by Gasteiger charge is -2.12. The molecule has 1 heterocycles. The minimum absolute atomic E-state index is 0.00863. The van der Waals surface area contributed by atoms with Crippen LogP contribution in [-0.4, -0.2) is 20.6 Å². The highest BCUT2D eigenvalue weighted by molar-refractivity contribution is 5.91. The number of benzene rings is 2. The molecule has 0 aliphatic rings. The molecule has 3 rings (SSSR count). The van der Waals surface area contributed by atoms with E-state index in [2.05, 4.69) is 10.4 Å². The molecule has 0 saturated heterocycles. The first-order valence-corrected chi connectivity index (χ1v) is 8.64. The van der Waals surface area contributed by atoms with E-state index in [4.69, 9.17) is 4.74 Å². The van der Waals surface area contributed by atoms with Crippen molar-refractivity contribution in [3.63, 3.8) is 0 Å². The summed E-state index contributed by atoms with van der Waals surface area (Å²) in [6, 6.07) is 11.7. The molecule has 0 atom stereocenters. The second kappa shape index (κ2) is 7.91. The van der Waals surface area contributed by atoms with Gasteiger partial charge in [0, 0.05) is 24.0 Å². The van der Waals surface area contributed by atoms with E-state index in [0.29, 0.717) is 5.75 Å². The molecule has 1 aromatic heterocycles. The summed E-state index contributed by atoms with van der Waals surface area (Å²) in [5.74, 6) is 0.531. The Morgan fingerprint density at radius 1 is 1.18 bits per heavy atom. The van der Waals surface area contributed by atoms with Gasteiger partial charge in [-0.2, -0.15) is 5.10 Å².